The van der Waals surface area contributed by atoms with Gasteiger partial charge in [0.15, 0.2) is 0 Å². The first-order chi connectivity index (χ1) is 14.3. The van der Waals surface area contributed by atoms with Crippen LogP contribution in [0.1, 0.15) is 49.3 Å². The lowest BCUT2D eigenvalue weighted by molar-refractivity contribution is 0.306. The van der Waals surface area contributed by atoms with Crippen LogP contribution < -0.4 is 10.1 Å². The predicted octanol–water partition coefficient (Wildman–Crippen LogP) is 6.07. The van der Waals surface area contributed by atoms with Gasteiger partial charge in [-0.05, 0) is 48.4 Å². The van der Waals surface area contributed by atoms with E-state index in [0.29, 0.717) is 12.3 Å². The van der Waals surface area contributed by atoms with Crippen LogP contribution >= 0.6 is 0 Å². The summed E-state index contributed by atoms with van der Waals surface area (Å²) in [7, 11) is 0. The summed E-state index contributed by atoms with van der Waals surface area (Å²) < 4.78 is 5.85. The molecule has 0 saturated carbocycles. The number of nitrogens with one attached hydrogen (secondary N) is 2. The second-order valence-corrected chi connectivity index (χ2v) is 7.06. The van der Waals surface area contributed by atoms with Crippen LogP contribution in [-0.4, -0.2) is 17.2 Å². The van der Waals surface area contributed by atoms with Gasteiger partial charge in [0.05, 0.1) is 5.71 Å². The van der Waals surface area contributed by atoms with Crippen molar-refractivity contribution in [3.8, 4) is 5.75 Å². The van der Waals surface area contributed by atoms with Gasteiger partial charge in [-0.15, -0.1) is 0 Å². The Morgan fingerprint density at radius 1 is 0.931 bits per heavy atom. The molecule has 4 heteroatoms. The van der Waals surface area contributed by atoms with E-state index in [2.05, 4.69) is 17.2 Å². The summed E-state index contributed by atoms with van der Waals surface area (Å²) in [6.07, 6.45) is 6.58. The lowest BCUT2D eigenvalue weighted by Crippen LogP contribution is -2.10. The highest BCUT2D eigenvalue weighted by Gasteiger charge is 2.11. The second kappa shape index (κ2) is 11.0. The summed E-state index contributed by atoms with van der Waals surface area (Å²) >= 11 is 0. The van der Waals surface area contributed by atoms with Crippen molar-refractivity contribution in [1.29, 1.82) is 5.41 Å². The molecule has 150 valence electrons. The SMILES string of the molecule is CCCCCCNc1ncccc1C(=N)c1ccc(OCc2ccccc2)cc1. The van der Waals surface area contributed by atoms with E-state index in [0.717, 1.165) is 41.2 Å². The highest BCUT2D eigenvalue weighted by molar-refractivity contribution is 6.13. The standard InChI is InChI=1S/C25H29N3O/c1-2-3-4-8-17-27-25-23(12-9-18-28-25)24(26)21-13-15-22(16-14-21)29-19-20-10-6-5-7-11-20/h5-7,9-16,18,26H,2-4,8,17,19H2,1H3,(H,27,28). The number of pyridine rings is 1. The minimum absolute atomic E-state index is 0.462. The number of hydrogen-bond acceptors (Lipinski definition) is 4. The molecule has 29 heavy (non-hydrogen) atoms. The van der Waals surface area contributed by atoms with Gasteiger partial charge in [-0.1, -0.05) is 56.5 Å². The third-order valence-electron chi connectivity index (χ3n) is 4.79. The van der Waals surface area contributed by atoms with Gasteiger partial charge in [0, 0.05) is 23.9 Å². The van der Waals surface area contributed by atoms with E-state index in [9.17, 15) is 0 Å². The molecule has 0 fully saturated rings. The number of aromatic nitrogens is 1. The van der Waals surface area contributed by atoms with Crippen molar-refractivity contribution in [2.75, 3.05) is 11.9 Å². The Balaban J connectivity index is 1.61. The lowest BCUT2D eigenvalue weighted by atomic mass is 10.0. The van der Waals surface area contributed by atoms with Crippen LogP contribution in [0.4, 0.5) is 5.82 Å². The number of hydrogen-bond donors (Lipinski definition) is 2. The molecule has 4 nitrogen and oxygen atoms in total. The molecule has 3 aromatic rings. The third kappa shape index (κ3) is 6.18. The van der Waals surface area contributed by atoms with Gasteiger partial charge in [-0.2, -0.15) is 0 Å². The molecule has 1 aromatic heterocycles. The molecular weight excluding hydrogens is 358 g/mol. The minimum Gasteiger partial charge on any atom is -0.489 e. The Hall–Kier alpha value is -3.14. The van der Waals surface area contributed by atoms with Crippen LogP contribution in [0.3, 0.4) is 0 Å². The number of rotatable bonds is 11. The van der Waals surface area contributed by atoms with Gasteiger partial charge < -0.3 is 10.1 Å². The molecule has 0 aliphatic rings. The molecule has 0 saturated heterocycles. The highest BCUT2D eigenvalue weighted by Crippen LogP contribution is 2.20. The molecule has 0 spiro atoms. The molecule has 0 bridgehead atoms. The summed E-state index contributed by atoms with van der Waals surface area (Å²) in [6, 6.07) is 21.6. The maximum Gasteiger partial charge on any atom is 0.135 e. The van der Waals surface area contributed by atoms with E-state index in [-0.39, 0.29) is 0 Å². The van der Waals surface area contributed by atoms with Crippen LogP contribution in [0.5, 0.6) is 5.75 Å². The Labute approximate surface area is 173 Å². The summed E-state index contributed by atoms with van der Waals surface area (Å²) in [4.78, 5) is 4.45. The van der Waals surface area contributed by atoms with Crippen molar-refractivity contribution in [1.82, 2.24) is 4.98 Å². The fourth-order valence-electron chi connectivity index (χ4n) is 3.12. The van der Waals surface area contributed by atoms with Crippen LogP contribution in [0.2, 0.25) is 0 Å². The molecule has 3 rings (SSSR count). The van der Waals surface area contributed by atoms with E-state index in [1.165, 1.54) is 19.3 Å². The monoisotopic (exact) mass is 387 g/mol. The fraction of sp³-hybridized carbons (Fsp3) is 0.280. The largest absolute Gasteiger partial charge is 0.489 e. The Kier molecular flexibility index (Phi) is 7.81. The molecule has 2 N–H and O–H groups in total. The van der Waals surface area contributed by atoms with Crippen molar-refractivity contribution in [3.05, 3.63) is 89.6 Å². The zero-order chi connectivity index (χ0) is 20.3. The number of nitrogens with zero attached hydrogens (tertiary/aromatic N) is 1. The van der Waals surface area contributed by atoms with E-state index in [1.807, 2.05) is 66.7 Å². The van der Waals surface area contributed by atoms with Gasteiger partial charge >= 0.3 is 0 Å². The van der Waals surface area contributed by atoms with Crippen molar-refractivity contribution in [2.45, 2.75) is 39.2 Å². The molecular formula is C25H29N3O. The zero-order valence-electron chi connectivity index (χ0n) is 17.0. The van der Waals surface area contributed by atoms with Crippen LogP contribution in [0.15, 0.2) is 72.9 Å². The van der Waals surface area contributed by atoms with E-state index < -0.39 is 0 Å². The van der Waals surface area contributed by atoms with Crippen molar-refractivity contribution in [2.24, 2.45) is 0 Å². The molecule has 0 aliphatic heterocycles. The van der Waals surface area contributed by atoms with Crippen molar-refractivity contribution >= 4 is 11.5 Å². The summed E-state index contributed by atoms with van der Waals surface area (Å²) in [5.41, 5.74) is 3.26. The first-order valence-corrected chi connectivity index (χ1v) is 10.3. The summed E-state index contributed by atoms with van der Waals surface area (Å²) in [5.74, 6) is 1.57. The van der Waals surface area contributed by atoms with Crippen molar-refractivity contribution in [3.63, 3.8) is 0 Å². The average Bonchev–Trinajstić information content (AvgIpc) is 2.78. The molecule has 0 unspecified atom stereocenters. The van der Waals surface area contributed by atoms with Gasteiger partial charge in [0.1, 0.15) is 18.2 Å². The normalized spacial score (nSPS) is 10.5. The van der Waals surface area contributed by atoms with E-state index in [4.69, 9.17) is 10.1 Å². The van der Waals surface area contributed by atoms with Gasteiger partial charge in [0.25, 0.3) is 0 Å². The summed E-state index contributed by atoms with van der Waals surface area (Å²) in [6.45, 7) is 3.62. The van der Waals surface area contributed by atoms with Gasteiger partial charge in [0.2, 0.25) is 0 Å². The average molecular weight is 388 g/mol. The third-order valence-corrected chi connectivity index (χ3v) is 4.79. The molecule has 1 heterocycles. The Morgan fingerprint density at radius 2 is 1.72 bits per heavy atom. The van der Waals surface area contributed by atoms with Crippen molar-refractivity contribution < 1.29 is 4.74 Å². The van der Waals surface area contributed by atoms with Crippen LogP contribution in [-0.2, 0) is 6.61 Å². The van der Waals surface area contributed by atoms with Gasteiger partial charge in [-0.3, -0.25) is 5.41 Å². The van der Waals surface area contributed by atoms with Crippen LogP contribution in [0, 0.1) is 5.41 Å². The number of ether oxygens (including phenoxy) is 1. The van der Waals surface area contributed by atoms with E-state index in [1.54, 1.807) is 6.20 Å². The van der Waals surface area contributed by atoms with Crippen LogP contribution in [0.25, 0.3) is 0 Å². The Morgan fingerprint density at radius 3 is 2.48 bits per heavy atom. The molecule has 0 atom stereocenters. The fourth-order valence-corrected chi connectivity index (χ4v) is 3.12. The number of unbranched alkanes of at least 4 members (excludes halogenated alkanes) is 3. The van der Waals surface area contributed by atoms with Gasteiger partial charge in [-0.25, -0.2) is 4.98 Å². The molecule has 0 amide bonds. The summed E-state index contributed by atoms with van der Waals surface area (Å²) in [5, 5.41) is 12.0. The number of benzene rings is 2. The first-order valence-electron chi connectivity index (χ1n) is 10.3. The quantitative estimate of drug-likeness (QED) is 0.310. The molecule has 0 aliphatic carbocycles. The number of anilines is 1. The Bertz CT molecular complexity index is 891. The topological polar surface area (TPSA) is 58.0 Å². The highest BCUT2D eigenvalue weighted by atomic mass is 16.5. The smallest absolute Gasteiger partial charge is 0.135 e. The maximum absolute atomic E-state index is 8.64. The lowest BCUT2D eigenvalue weighted by Gasteiger charge is -2.12. The maximum atomic E-state index is 8.64. The molecule has 2 aromatic carbocycles. The van der Waals surface area contributed by atoms with E-state index >= 15 is 0 Å². The minimum atomic E-state index is 0.462. The second-order valence-electron chi connectivity index (χ2n) is 7.06. The first kappa shape index (κ1) is 20.6. The zero-order valence-corrected chi connectivity index (χ0v) is 17.0. The molecule has 0 radical (unpaired) electrons. The predicted molar refractivity (Wildman–Crippen MR) is 120 cm³/mol.